The van der Waals surface area contributed by atoms with E-state index in [1.165, 1.54) is 38.5 Å². The molecular weight excluding hydrogens is 324 g/mol. The van der Waals surface area contributed by atoms with Crippen molar-refractivity contribution in [2.45, 2.75) is 77.9 Å². The fourth-order valence-electron chi connectivity index (χ4n) is 2.81. The molecule has 1 atom stereocenters. The van der Waals surface area contributed by atoms with Gasteiger partial charge in [-0.2, -0.15) is 0 Å². The molecule has 5 nitrogen and oxygen atoms in total. The number of unbranched alkanes of at least 4 members (excludes halogenated alkanes) is 6. The Balaban J connectivity index is 1.95. The number of hydrogen-bond acceptors (Lipinski definition) is 5. The molecule has 1 aliphatic heterocycles. The topological polar surface area (TPSA) is 49.5 Å². The van der Waals surface area contributed by atoms with Crippen molar-refractivity contribution in [1.29, 1.82) is 0 Å². The fraction of sp³-hybridized carbons (Fsp3) is 1.00. The summed E-state index contributed by atoms with van der Waals surface area (Å²) in [7, 11) is -2.42. The molecular formula is C18H38O5Si. The molecule has 1 fully saturated rings. The van der Waals surface area contributed by atoms with E-state index in [0.29, 0.717) is 25.9 Å². The minimum Gasteiger partial charge on any atom is -0.379 e. The molecule has 24 heavy (non-hydrogen) atoms. The van der Waals surface area contributed by atoms with Gasteiger partial charge in [0, 0.05) is 32.5 Å². The SMILES string of the molecule is CCO[Si](CCCCCCCCCOCC1CO1)(OCC)OCC. The highest BCUT2D eigenvalue weighted by atomic mass is 28.4. The lowest BCUT2D eigenvalue weighted by Crippen LogP contribution is -2.45. The molecule has 0 amide bonds. The molecule has 1 unspecified atom stereocenters. The van der Waals surface area contributed by atoms with Crippen LogP contribution in [0, 0.1) is 0 Å². The van der Waals surface area contributed by atoms with Crippen LogP contribution in [0.4, 0.5) is 0 Å². The van der Waals surface area contributed by atoms with Crippen LogP contribution in [0.25, 0.3) is 0 Å². The minimum atomic E-state index is -2.42. The van der Waals surface area contributed by atoms with E-state index in [2.05, 4.69) is 0 Å². The molecule has 0 N–H and O–H groups in total. The summed E-state index contributed by atoms with van der Waals surface area (Å²) in [5.41, 5.74) is 0. The Bertz CT molecular complexity index is 270. The second-order valence-corrected chi connectivity index (χ2v) is 8.97. The maximum Gasteiger partial charge on any atom is 0.500 e. The number of rotatable bonds is 18. The molecule has 1 rings (SSSR count). The van der Waals surface area contributed by atoms with Gasteiger partial charge in [-0.3, -0.25) is 0 Å². The summed E-state index contributed by atoms with van der Waals surface area (Å²) >= 11 is 0. The molecule has 0 aliphatic carbocycles. The van der Waals surface area contributed by atoms with Crippen molar-refractivity contribution in [1.82, 2.24) is 0 Å². The second-order valence-electron chi connectivity index (χ2n) is 6.24. The van der Waals surface area contributed by atoms with Gasteiger partial charge < -0.3 is 22.8 Å². The molecule has 0 saturated carbocycles. The van der Waals surface area contributed by atoms with E-state index in [0.717, 1.165) is 32.3 Å². The largest absolute Gasteiger partial charge is 0.500 e. The van der Waals surface area contributed by atoms with Gasteiger partial charge in [-0.05, 0) is 33.6 Å². The Morgan fingerprint density at radius 2 is 1.29 bits per heavy atom. The third kappa shape index (κ3) is 10.8. The number of hydrogen-bond donors (Lipinski definition) is 0. The maximum absolute atomic E-state index is 5.89. The predicted octanol–water partition coefficient (Wildman–Crippen LogP) is 4.18. The van der Waals surface area contributed by atoms with E-state index in [-0.39, 0.29) is 0 Å². The van der Waals surface area contributed by atoms with E-state index in [4.69, 9.17) is 22.8 Å². The highest BCUT2D eigenvalue weighted by Crippen LogP contribution is 2.20. The van der Waals surface area contributed by atoms with E-state index < -0.39 is 8.80 Å². The molecule has 0 radical (unpaired) electrons. The zero-order chi connectivity index (χ0) is 17.5. The van der Waals surface area contributed by atoms with Gasteiger partial charge in [0.2, 0.25) is 0 Å². The summed E-state index contributed by atoms with van der Waals surface area (Å²) in [6, 6.07) is 0.944. The Labute approximate surface area is 149 Å². The van der Waals surface area contributed by atoms with Crippen molar-refractivity contribution in [3.8, 4) is 0 Å². The molecule has 1 saturated heterocycles. The van der Waals surface area contributed by atoms with Crippen LogP contribution in [0.5, 0.6) is 0 Å². The van der Waals surface area contributed by atoms with Gasteiger partial charge in [-0.15, -0.1) is 0 Å². The van der Waals surface area contributed by atoms with Crippen LogP contribution >= 0.6 is 0 Å². The molecule has 0 bridgehead atoms. The van der Waals surface area contributed by atoms with Gasteiger partial charge in [0.05, 0.1) is 13.2 Å². The van der Waals surface area contributed by atoms with Crippen LogP contribution in [0.1, 0.15) is 65.7 Å². The smallest absolute Gasteiger partial charge is 0.379 e. The van der Waals surface area contributed by atoms with Crippen molar-refractivity contribution < 1.29 is 22.8 Å². The van der Waals surface area contributed by atoms with Crippen LogP contribution in [0.2, 0.25) is 6.04 Å². The first-order valence-corrected chi connectivity index (χ1v) is 11.8. The van der Waals surface area contributed by atoms with E-state index in [1.54, 1.807) is 0 Å². The van der Waals surface area contributed by atoms with Crippen LogP contribution < -0.4 is 0 Å². The monoisotopic (exact) mass is 362 g/mol. The van der Waals surface area contributed by atoms with Gasteiger partial charge >= 0.3 is 8.80 Å². The second kappa shape index (κ2) is 14.2. The first kappa shape index (κ1) is 22.1. The molecule has 1 heterocycles. The van der Waals surface area contributed by atoms with Gasteiger partial charge in [-0.1, -0.05) is 32.1 Å². The van der Waals surface area contributed by atoms with Crippen molar-refractivity contribution in [3.63, 3.8) is 0 Å². The number of epoxide rings is 1. The van der Waals surface area contributed by atoms with E-state index in [1.807, 2.05) is 20.8 Å². The Hall–Kier alpha value is 0.0169. The lowest BCUT2D eigenvalue weighted by Gasteiger charge is -2.28. The third-order valence-corrected chi connectivity index (χ3v) is 7.22. The maximum atomic E-state index is 5.89. The summed E-state index contributed by atoms with van der Waals surface area (Å²) in [4.78, 5) is 0. The first-order chi connectivity index (χ1) is 11.8. The van der Waals surface area contributed by atoms with Crippen LogP contribution in [0.15, 0.2) is 0 Å². The van der Waals surface area contributed by atoms with Crippen LogP contribution in [-0.4, -0.2) is 54.5 Å². The third-order valence-electron chi connectivity index (χ3n) is 4.07. The predicted molar refractivity (Wildman–Crippen MR) is 98.3 cm³/mol. The number of ether oxygens (including phenoxy) is 2. The molecule has 0 aromatic heterocycles. The van der Waals surface area contributed by atoms with Crippen molar-refractivity contribution in [2.24, 2.45) is 0 Å². The molecule has 6 heteroatoms. The summed E-state index contributed by atoms with van der Waals surface area (Å²) in [5.74, 6) is 0. The minimum absolute atomic E-state index is 0.394. The zero-order valence-electron chi connectivity index (χ0n) is 16.0. The summed E-state index contributed by atoms with van der Waals surface area (Å²) in [5, 5.41) is 0. The van der Waals surface area contributed by atoms with Crippen LogP contribution in [-0.2, 0) is 22.8 Å². The van der Waals surface area contributed by atoms with Gasteiger partial charge in [0.1, 0.15) is 6.10 Å². The van der Waals surface area contributed by atoms with E-state index in [9.17, 15) is 0 Å². The Morgan fingerprint density at radius 1 is 0.792 bits per heavy atom. The zero-order valence-corrected chi connectivity index (χ0v) is 17.0. The highest BCUT2D eigenvalue weighted by Gasteiger charge is 2.39. The quantitative estimate of drug-likeness (QED) is 0.208. The molecule has 144 valence electrons. The fourth-order valence-corrected chi connectivity index (χ4v) is 5.50. The molecule has 0 aromatic rings. The molecule has 1 aliphatic rings. The standard InChI is InChI=1S/C18H38O5Si/c1-4-21-24(22-5-2,23-6-3)15-13-11-9-7-8-10-12-14-19-16-18-17-20-18/h18H,4-17H2,1-3H3. The molecule has 0 spiro atoms. The lowest BCUT2D eigenvalue weighted by molar-refractivity contribution is 0.0706. The van der Waals surface area contributed by atoms with Crippen LogP contribution in [0.3, 0.4) is 0 Å². The average molecular weight is 363 g/mol. The van der Waals surface area contributed by atoms with Gasteiger partial charge in [-0.25, -0.2) is 0 Å². The Morgan fingerprint density at radius 3 is 1.79 bits per heavy atom. The van der Waals surface area contributed by atoms with Gasteiger partial charge in [0.15, 0.2) is 0 Å². The summed E-state index contributed by atoms with van der Waals surface area (Å²) < 4.78 is 28.3. The average Bonchev–Trinajstić information content (AvgIpc) is 3.37. The first-order valence-electron chi connectivity index (χ1n) is 9.87. The van der Waals surface area contributed by atoms with Crippen molar-refractivity contribution in [3.05, 3.63) is 0 Å². The normalized spacial score (nSPS) is 17.4. The summed E-state index contributed by atoms with van der Waals surface area (Å²) in [6.45, 7) is 10.6. The van der Waals surface area contributed by atoms with Gasteiger partial charge in [0.25, 0.3) is 0 Å². The lowest BCUT2D eigenvalue weighted by atomic mass is 10.1. The van der Waals surface area contributed by atoms with Crippen molar-refractivity contribution in [2.75, 3.05) is 39.6 Å². The van der Waals surface area contributed by atoms with Crippen molar-refractivity contribution >= 4 is 8.80 Å². The van der Waals surface area contributed by atoms with E-state index >= 15 is 0 Å². The highest BCUT2D eigenvalue weighted by molar-refractivity contribution is 6.60. The molecule has 0 aromatic carbocycles. The Kier molecular flexibility index (Phi) is 13.1. The summed E-state index contributed by atoms with van der Waals surface area (Å²) in [6.07, 6.45) is 9.08.